The van der Waals surface area contributed by atoms with E-state index in [1.54, 1.807) is 0 Å². The van der Waals surface area contributed by atoms with Gasteiger partial charge >= 0.3 is 12.4 Å². The van der Waals surface area contributed by atoms with E-state index in [1.165, 1.54) is 24.3 Å². The molecule has 10 heteroatoms. The first-order chi connectivity index (χ1) is 12.5. The molecule has 0 atom stereocenters. The largest absolute Gasteiger partial charge is 0.433 e. The molecular weight excluding hydrogens is 374 g/mol. The van der Waals surface area contributed by atoms with Crippen molar-refractivity contribution in [3.8, 4) is 22.8 Å². The number of anilines is 1. The number of hydrogen-bond donors (Lipinski definition) is 1. The first-order valence-corrected chi connectivity index (χ1v) is 7.41. The fraction of sp³-hybridized carbons (Fsp3) is 0.118. The van der Waals surface area contributed by atoms with Crippen LogP contribution < -0.4 is 5.73 Å². The van der Waals surface area contributed by atoms with E-state index in [0.717, 1.165) is 24.3 Å². The Kier molecular flexibility index (Phi) is 4.50. The van der Waals surface area contributed by atoms with Crippen molar-refractivity contribution < 1.29 is 26.3 Å². The SMILES string of the molecule is Nc1cc(-c2cccc(C(F)(F)F)n2)nc(-c2cccc(C(F)(F)F)n2)c1. The molecule has 0 amide bonds. The number of pyridine rings is 3. The van der Waals surface area contributed by atoms with Gasteiger partial charge in [-0.15, -0.1) is 0 Å². The lowest BCUT2D eigenvalue weighted by Crippen LogP contribution is -2.09. The van der Waals surface area contributed by atoms with Gasteiger partial charge in [-0.2, -0.15) is 26.3 Å². The molecule has 0 unspecified atom stereocenters. The molecule has 0 fully saturated rings. The normalized spacial score (nSPS) is 12.2. The fourth-order valence-corrected chi connectivity index (χ4v) is 2.28. The van der Waals surface area contributed by atoms with Crippen molar-refractivity contribution in [3.05, 3.63) is 59.9 Å². The average Bonchev–Trinajstić information content (AvgIpc) is 2.60. The quantitative estimate of drug-likeness (QED) is 0.643. The molecule has 3 aromatic rings. The van der Waals surface area contributed by atoms with Crippen LogP contribution in [0.5, 0.6) is 0 Å². The summed E-state index contributed by atoms with van der Waals surface area (Å²) in [6.07, 6.45) is -9.30. The molecule has 0 spiro atoms. The number of nitrogen functional groups attached to an aromatic ring is 1. The van der Waals surface area contributed by atoms with Crippen LogP contribution in [0.3, 0.4) is 0 Å². The van der Waals surface area contributed by atoms with Gasteiger partial charge in [0.2, 0.25) is 0 Å². The van der Waals surface area contributed by atoms with Gasteiger partial charge in [-0.3, -0.25) is 0 Å². The lowest BCUT2D eigenvalue weighted by atomic mass is 10.1. The Morgan fingerprint density at radius 3 is 1.37 bits per heavy atom. The zero-order valence-electron chi connectivity index (χ0n) is 13.3. The molecule has 0 bridgehead atoms. The fourth-order valence-electron chi connectivity index (χ4n) is 2.28. The van der Waals surface area contributed by atoms with Gasteiger partial charge in [-0.05, 0) is 36.4 Å². The zero-order valence-corrected chi connectivity index (χ0v) is 13.3. The van der Waals surface area contributed by atoms with E-state index in [1.807, 2.05) is 0 Å². The minimum absolute atomic E-state index is 0.0182. The summed E-state index contributed by atoms with van der Waals surface area (Å²) < 4.78 is 77.0. The molecule has 3 heterocycles. The molecule has 0 aliphatic heterocycles. The summed E-state index contributed by atoms with van der Waals surface area (Å²) in [6.45, 7) is 0. The second-order valence-electron chi connectivity index (χ2n) is 5.48. The summed E-state index contributed by atoms with van der Waals surface area (Å²) in [5.74, 6) is 0. The van der Waals surface area contributed by atoms with Crippen LogP contribution in [0.15, 0.2) is 48.5 Å². The standard InChI is InChI=1S/C17H10F6N4/c18-16(19,20)14-5-1-3-10(26-14)12-7-9(24)8-13(25-12)11-4-2-6-15(27-11)17(21,22)23/h1-8H,(H2,24,25). The summed E-state index contributed by atoms with van der Waals surface area (Å²) in [5.41, 5.74) is 3.31. The van der Waals surface area contributed by atoms with Gasteiger partial charge in [0.1, 0.15) is 11.4 Å². The topological polar surface area (TPSA) is 64.7 Å². The summed E-state index contributed by atoms with van der Waals surface area (Å²) in [5, 5.41) is 0. The van der Waals surface area contributed by atoms with Crippen molar-refractivity contribution in [1.29, 1.82) is 0 Å². The Bertz CT molecular complexity index is 906. The number of nitrogens with two attached hydrogens (primary N) is 1. The summed E-state index contributed by atoms with van der Waals surface area (Å²) in [4.78, 5) is 11.1. The molecule has 140 valence electrons. The van der Waals surface area contributed by atoms with Crippen LogP contribution in [-0.2, 0) is 12.4 Å². The Morgan fingerprint density at radius 2 is 1.00 bits per heavy atom. The first kappa shape index (κ1) is 18.6. The second-order valence-corrected chi connectivity index (χ2v) is 5.48. The van der Waals surface area contributed by atoms with Crippen molar-refractivity contribution in [3.63, 3.8) is 0 Å². The third-order valence-electron chi connectivity index (χ3n) is 3.45. The number of rotatable bonds is 2. The van der Waals surface area contributed by atoms with E-state index >= 15 is 0 Å². The third kappa shape index (κ3) is 4.15. The maximum Gasteiger partial charge on any atom is 0.433 e. The molecule has 3 rings (SSSR count). The van der Waals surface area contributed by atoms with Crippen molar-refractivity contribution in [2.75, 3.05) is 5.73 Å². The lowest BCUT2D eigenvalue weighted by molar-refractivity contribution is -0.141. The Morgan fingerprint density at radius 1 is 0.593 bits per heavy atom. The van der Waals surface area contributed by atoms with E-state index in [0.29, 0.717) is 0 Å². The highest BCUT2D eigenvalue weighted by Crippen LogP contribution is 2.32. The zero-order chi connectivity index (χ0) is 19.8. The van der Waals surface area contributed by atoms with E-state index in [9.17, 15) is 26.3 Å². The number of nitrogens with zero attached hydrogens (tertiary/aromatic N) is 3. The highest BCUT2D eigenvalue weighted by atomic mass is 19.4. The van der Waals surface area contributed by atoms with Gasteiger partial charge in [-0.1, -0.05) is 12.1 Å². The lowest BCUT2D eigenvalue weighted by Gasteiger charge is -2.10. The van der Waals surface area contributed by atoms with E-state index in [-0.39, 0.29) is 28.5 Å². The average molecular weight is 384 g/mol. The van der Waals surface area contributed by atoms with Crippen LogP contribution in [-0.4, -0.2) is 15.0 Å². The molecule has 0 radical (unpaired) electrons. The highest BCUT2D eigenvalue weighted by molar-refractivity contribution is 5.68. The molecule has 0 saturated carbocycles. The van der Waals surface area contributed by atoms with Gasteiger partial charge in [0.05, 0.1) is 22.8 Å². The molecule has 27 heavy (non-hydrogen) atoms. The van der Waals surface area contributed by atoms with Gasteiger partial charge in [0, 0.05) is 5.69 Å². The molecule has 0 aliphatic rings. The van der Waals surface area contributed by atoms with Gasteiger partial charge in [0.25, 0.3) is 0 Å². The molecule has 3 aromatic heterocycles. The maximum atomic E-state index is 12.8. The van der Waals surface area contributed by atoms with E-state index in [2.05, 4.69) is 15.0 Å². The van der Waals surface area contributed by atoms with Crippen molar-refractivity contribution >= 4 is 5.69 Å². The summed E-state index contributed by atoms with van der Waals surface area (Å²) in [6, 6.07) is 9.03. The number of hydrogen-bond acceptors (Lipinski definition) is 4. The monoisotopic (exact) mass is 384 g/mol. The van der Waals surface area contributed by atoms with Crippen LogP contribution in [0.4, 0.5) is 32.0 Å². The van der Waals surface area contributed by atoms with Gasteiger partial charge in [0.15, 0.2) is 0 Å². The first-order valence-electron chi connectivity index (χ1n) is 7.41. The molecule has 2 N–H and O–H groups in total. The predicted molar refractivity (Wildman–Crippen MR) is 85.1 cm³/mol. The van der Waals surface area contributed by atoms with Crippen molar-refractivity contribution in [2.24, 2.45) is 0 Å². The van der Waals surface area contributed by atoms with E-state index < -0.39 is 23.7 Å². The minimum atomic E-state index is -4.65. The molecule has 0 aliphatic carbocycles. The van der Waals surface area contributed by atoms with Crippen LogP contribution >= 0.6 is 0 Å². The van der Waals surface area contributed by atoms with Crippen molar-refractivity contribution in [2.45, 2.75) is 12.4 Å². The van der Waals surface area contributed by atoms with Crippen molar-refractivity contribution in [1.82, 2.24) is 15.0 Å². The Hall–Kier alpha value is -3.17. The van der Waals surface area contributed by atoms with Crippen LogP contribution in [0.2, 0.25) is 0 Å². The summed E-state index contributed by atoms with van der Waals surface area (Å²) >= 11 is 0. The highest BCUT2D eigenvalue weighted by Gasteiger charge is 2.33. The minimum Gasteiger partial charge on any atom is -0.399 e. The van der Waals surface area contributed by atoms with E-state index in [4.69, 9.17) is 5.73 Å². The Labute approximate surface area is 148 Å². The summed E-state index contributed by atoms with van der Waals surface area (Å²) in [7, 11) is 0. The van der Waals surface area contributed by atoms with Crippen LogP contribution in [0, 0.1) is 0 Å². The second kappa shape index (κ2) is 6.53. The molecule has 0 aromatic carbocycles. The third-order valence-corrected chi connectivity index (χ3v) is 3.45. The molecule has 4 nitrogen and oxygen atoms in total. The molecule has 0 saturated heterocycles. The molecular formula is C17H10F6N4. The Balaban J connectivity index is 2.09. The van der Waals surface area contributed by atoms with Crippen LogP contribution in [0.25, 0.3) is 22.8 Å². The number of aromatic nitrogens is 3. The van der Waals surface area contributed by atoms with Gasteiger partial charge in [-0.25, -0.2) is 15.0 Å². The smallest absolute Gasteiger partial charge is 0.399 e. The van der Waals surface area contributed by atoms with Gasteiger partial charge < -0.3 is 5.73 Å². The number of alkyl halides is 6. The maximum absolute atomic E-state index is 12.8. The van der Waals surface area contributed by atoms with Crippen LogP contribution in [0.1, 0.15) is 11.4 Å². The number of halogens is 6. The predicted octanol–water partition coefficient (Wildman–Crippen LogP) is 4.83.